The summed E-state index contributed by atoms with van der Waals surface area (Å²) in [6.45, 7) is 3.19. The summed E-state index contributed by atoms with van der Waals surface area (Å²) in [6, 6.07) is -0.991. The van der Waals surface area contributed by atoms with Crippen LogP contribution in [-0.2, 0) is 19.0 Å². The lowest BCUT2D eigenvalue weighted by Gasteiger charge is -2.28. The van der Waals surface area contributed by atoms with Crippen molar-refractivity contribution in [1.29, 1.82) is 0 Å². The van der Waals surface area contributed by atoms with Crippen LogP contribution in [0.4, 0.5) is 4.79 Å². The molecule has 2 fully saturated rings. The van der Waals surface area contributed by atoms with Gasteiger partial charge < -0.3 is 30.0 Å². The molecule has 8 heteroatoms. The van der Waals surface area contributed by atoms with Crippen LogP contribution in [0.3, 0.4) is 0 Å². The fraction of sp³-hybridized carbons (Fsp3) is 0.846. The first-order valence-corrected chi connectivity index (χ1v) is 6.90. The van der Waals surface area contributed by atoms with Gasteiger partial charge in [0, 0.05) is 20.1 Å². The normalized spacial score (nSPS) is 35.6. The highest BCUT2D eigenvalue weighted by atomic mass is 16.5. The fourth-order valence-electron chi connectivity index (χ4n) is 2.50. The van der Waals surface area contributed by atoms with Crippen LogP contribution in [0.1, 0.15) is 13.3 Å². The van der Waals surface area contributed by atoms with E-state index in [0.29, 0.717) is 26.2 Å². The fourth-order valence-corrected chi connectivity index (χ4v) is 2.50. The summed E-state index contributed by atoms with van der Waals surface area (Å²) in [5, 5.41) is 14.6. The van der Waals surface area contributed by atoms with Crippen molar-refractivity contribution in [3.05, 3.63) is 0 Å². The molecule has 2 rings (SSSR count). The van der Waals surface area contributed by atoms with Gasteiger partial charge in [-0.25, -0.2) is 4.79 Å². The highest BCUT2D eigenvalue weighted by Crippen LogP contribution is 2.28. The lowest BCUT2D eigenvalue weighted by molar-refractivity contribution is -0.148. The van der Waals surface area contributed by atoms with E-state index in [1.807, 2.05) is 0 Å². The zero-order valence-corrected chi connectivity index (χ0v) is 12.3. The topological polar surface area (TPSA) is 106 Å². The Morgan fingerprint density at radius 2 is 2.14 bits per heavy atom. The van der Waals surface area contributed by atoms with E-state index in [2.05, 4.69) is 10.6 Å². The van der Waals surface area contributed by atoms with Gasteiger partial charge in [-0.2, -0.15) is 0 Å². The Hall–Kier alpha value is -1.38. The standard InChI is InChI=1S/C13H22N2O6/c1-12(10(16)17)7-21-5-9(12)15-11(18)14-6-13(19-2)3-4-20-8-13/h9H,3-8H2,1-2H3,(H,16,17)(H2,14,15,18). The van der Waals surface area contributed by atoms with Crippen molar-refractivity contribution in [2.24, 2.45) is 5.41 Å². The maximum absolute atomic E-state index is 12.0. The summed E-state index contributed by atoms with van der Waals surface area (Å²) in [7, 11) is 1.58. The number of ether oxygens (including phenoxy) is 3. The second-order valence-electron chi connectivity index (χ2n) is 5.81. The molecule has 0 aromatic carbocycles. The van der Waals surface area contributed by atoms with Crippen LogP contribution in [0.2, 0.25) is 0 Å². The van der Waals surface area contributed by atoms with Crippen LogP contribution in [0.25, 0.3) is 0 Å². The zero-order valence-electron chi connectivity index (χ0n) is 12.3. The number of carbonyl (C=O) groups is 2. The number of carboxylic acid groups (broad SMARTS) is 1. The number of urea groups is 1. The molecule has 21 heavy (non-hydrogen) atoms. The molecule has 0 aromatic heterocycles. The SMILES string of the molecule is COC1(CNC(=O)NC2COCC2(C)C(=O)O)CCOC1. The molecule has 0 spiro atoms. The Morgan fingerprint density at radius 3 is 2.71 bits per heavy atom. The number of carbonyl (C=O) groups excluding carboxylic acids is 1. The minimum absolute atomic E-state index is 0.0864. The Morgan fingerprint density at radius 1 is 1.38 bits per heavy atom. The maximum atomic E-state index is 12.0. The summed E-state index contributed by atoms with van der Waals surface area (Å²) >= 11 is 0. The van der Waals surface area contributed by atoms with E-state index in [0.717, 1.165) is 0 Å². The number of hydrogen-bond acceptors (Lipinski definition) is 5. The van der Waals surface area contributed by atoms with Crippen molar-refractivity contribution in [3.63, 3.8) is 0 Å². The Labute approximate surface area is 123 Å². The van der Waals surface area contributed by atoms with Gasteiger partial charge in [0.15, 0.2) is 0 Å². The van der Waals surface area contributed by atoms with Gasteiger partial charge in [0.1, 0.15) is 11.0 Å². The lowest BCUT2D eigenvalue weighted by atomic mass is 9.85. The molecule has 3 N–H and O–H groups in total. The molecule has 0 radical (unpaired) electrons. The van der Waals surface area contributed by atoms with E-state index in [-0.39, 0.29) is 13.2 Å². The predicted molar refractivity (Wildman–Crippen MR) is 72.1 cm³/mol. The lowest BCUT2D eigenvalue weighted by Crippen LogP contribution is -2.54. The molecular formula is C13H22N2O6. The minimum Gasteiger partial charge on any atom is -0.481 e. The van der Waals surface area contributed by atoms with Crippen molar-refractivity contribution in [2.75, 3.05) is 40.1 Å². The number of hydrogen-bond donors (Lipinski definition) is 3. The molecule has 2 aliphatic rings. The Bertz CT molecular complexity index is 409. The summed E-state index contributed by atoms with van der Waals surface area (Å²) in [4.78, 5) is 23.2. The number of methoxy groups -OCH3 is 1. The predicted octanol–water partition coefficient (Wildman–Crippen LogP) is -0.419. The molecule has 2 aliphatic heterocycles. The highest BCUT2D eigenvalue weighted by molar-refractivity contribution is 5.79. The highest BCUT2D eigenvalue weighted by Gasteiger charge is 2.47. The quantitative estimate of drug-likeness (QED) is 0.637. The summed E-state index contributed by atoms with van der Waals surface area (Å²) in [5.41, 5.74) is -1.60. The molecule has 0 aliphatic carbocycles. The van der Waals surface area contributed by atoms with Crippen molar-refractivity contribution in [1.82, 2.24) is 10.6 Å². The average Bonchev–Trinajstić information content (AvgIpc) is 3.06. The molecule has 0 bridgehead atoms. The second kappa shape index (κ2) is 6.17. The smallest absolute Gasteiger partial charge is 0.315 e. The summed E-state index contributed by atoms with van der Waals surface area (Å²) in [5.74, 6) is -0.983. The van der Waals surface area contributed by atoms with Crippen LogP contribution < -0.4 is 10.6 Å². The van der Waals surface area contributed by atoms with Crippen molar-refractivity contribution < 1.29 is 28.9 Å². The molecule has 0 aromatic rings. The monoisotopic (exact) mass is 302 g/mol. The molecule has 2 amide bonds. The van der Waals surface area contributed by atoms with E-state index < -0.39 is 29.1 Å². The van der Waals surface area contributed by atoms with Gasteiger partial charge in [-0.05, 0) is 6.92 Å². The van der Waals surface area contributed by atoms with Crippen molar-refractivity contribution in [3.8, 4) is 0 Å². The number of amides is 2. The van der Waals surface area contributed by atoms with Gasteiger partial charge in [0.05, 0.1) is 32.4 Å². The van der Waals surface area contributed by atoms with Gasteiger partial charge in [-0.15, -0.1) is 0 Å². The van der Waals surface area contributed by atoms with Crippen LogP contribution in [-0.4, -0.2) is 68.8 Å². The van der Waals surface area contributed by atoms with Crippen LogP contribution in [0.15, 0.2) is 0 Å². The first-order valence-electron chi connectivity index (χ1n) is 6.90. The molecule has 8 nitrogen and oxygen atoms in total. The van der Waals surface area contributed by atoms with Crippen molar-refractivity contribution >= 4 is 12.0 Å². The largest absolute Gasteiger partial charge is 0.481 e. The van der Waals surface area contributed by atoms with Gasteiger partial charge >= 0.3 is 12.0 Å². The molecule has 2 heterocycles. The minimum atomic E-state index is -1.10. The third kappa shape index (κ3) is 3.28. The number of rotatable bonds is 5. The number of carboxylic acids is 1. The second-order valence-corrected chi connectivity index (χ2v) is 5.81. The average molecular weight is 302 g/mol. The third-order valence-electron chi connectivity index (χ3n) is 4.32. The zero-order chi connectivity index (χ0) is 15.5. The van der Waals surface area contributed by atoms with Crippen LogP contribution >= 0.6 is 0 Å². The van der Waals surface area contributed by atoms with E-state index in [1.165, 1.54) is 0 Å². The third-order valence-corrected chi connectivity index (χ3v) is 4.32. The Balaban J connectivity index is 1.86. The summed E-state index contributed by atoms with van der Waals surface area (Å²) < 4.78 is 15.9. The number of nitrogens with one attached hydrogen (secondary N) is 2. The molecule has 120 valence electrons. The molecular weight excluding hydrogens is 280 g/mol. The first kappa shape index (κ1) is 16.0. The van der Waals surface area contributed by atoms with Gasteiger partial charge in [0.25, 0.3) is 0 Å². The van der Waals surface area contributed by atoms with Crippen LogP contribution in [0.5, 0.6) is 0 Å². The van der Waals surface area contributed by atoms with Gasteiger partial charge in [-0.1, -0.05) is 0 Å². The van der Waals surface area contributed by atoms with Gasteiger partial charge in [0.2, 0.25) is 0 Å². The van der Waals surface area contributed by atoms with Crippen molar-refractivity contribution in [2.45, 2.75) is 25.0 Å². The first-order chi connectivity index (χ1) is 9.92. The number of aliphatic carboxylic acids is 1. The van der Waals surface area contributed by atoms with Gasteiger partial charge in [-0.3, -0.25) is 4.79 Å². The van der Waals surface area contributed by atoms with E-state index in [1.54, 1.807) is 14.0 Å². The maximum Gasteiger partial charge on any atom is 0.315 e. The Kier molecular flexibility index (Phi) is 4.70. The van der Waals surface area contributed by atoms with E-state index >= 15 is 0 Å². The molecule has 3 unspecified atom stereocenters. The molecule has 0 saturated carbocycles. The molecule has 2 saturated heterocycles. The molecule has 3 atom stereocenters. The van der Waals surface area contributed by atoms with E-state index in [9.17, 15) is 14.7 Å². The van der Waals surface area contributed by atoms with E-state index in [4.69, 9.17) is 14.2 Å². The summed E-state index contributed by atoms with van der Waals surface area (Å²) in [6.07, 6.45) is 0.711. The van der Waals surface area contributed by atoms with Crippen LogP contribution in [0, 0.1) is 5.41 Å².